The van der Waals surface area contributed by atoms with Crippen LogP contribution in [0.2, 0.25) is 0 Å². The molecule has 0 aliphatic carbocycles. The molecular formula is C51H87NO8P+. The van der Waals surface area contributed by atoms with E-state index in [0.29, 0.717) is 23.9 Å². The van der Waals surface area contributed by atoms with Gasteiger partial charge in [-0.05, 0) is 83.5 Å². The van der Waals surface area contributed by atoms with E-state index in [2.05, 4.69) is 98.9 Å². The predicted molar refractivity (Wildman–Crippen MR) is 256 cm³/mol. The van der Waals surface area contributed by atoms with Gasteiger partial charge in [0.1, 0.15) is 19.8 Å². The summed E-state index contributed by atoms with van der Waals surface area (Å²) in [5.41, 5.74) is 0. The molecule has 2 unspecified atom stereocenters. The number of phosphoric ester groups is 1. The van der Waals surface area contributed by atoms with Gasteiger partial charge in [-0.2, -0.15) is 0 Å². The molecule has 0 aromatic heterocycles. The van der Waals surface area contributed by atoms with Crippen LogP contribution in [-0.2, 0) is 32.7 Å². The smallest absolute Gasteiger partial charge is 0.462 e. The van der Waals surface area contributed by atoms with Gasteiger partial charge < -0.3 is 18.9 Å². The number of carbonyl (C=O) groups excluding carboxylic acids is 2. The third kappa shape index (κ3) is 46.3. The standard InChI is InChI=1S/C51H86NO8P/c1-6-8-10-12-14-16-18-20-22-24-26-28-30-32-34-36-38-40-42-44-51(54)60-49(48-59-61(55,56)58-46-45-52(3,4)5)47-57-50(53)43-41-39-37-35-33-31-29-27-25-23-21-19-17-15-13-11-9-7-2/h8,10,14,16-17,19-20,22-23,25-26,28,32,34,38,40,49H,6-7,9,11-13,15,18,21,24,27,29-31,33,35-37,39,41-48H2,1-5H3/p+1/b10-8-,16-14-,19-17-,22-20-,25-23-,28-26-,34-32-,40-38-. The first kappa shape index (κ1) is 57.9. The molecule has 0 saturated heterocycles. The number of allylic oxidation sites excluding steroid dienone is 16. The van der Waals surface area contributed by atoms with Gasteiger partial charge in [0.15, 0.2) is 6.10 Å². The van der Waals surface area contributed by atoms with Gasteiger partial charge in [0.05, 0.1) is 27.7 Å². The Morgan fingerprint density at radius 2 is 0.967 bits per heavy atom. The van der Waals surface area contributed by atoms with Crippen molar-refractivity contribution in [3.05, 3.63) is 97.2 Å². The Bertz CT molecular complexity index is 1350. The number of rotatable bonds is 41. The molecule has 0 bridgehead atoms. The van der Waals surface area contributed by atoms with E-state index >= 15 is 0 Å². The fourth-order valence-electron chi connectivity index (χ4n) is 5.72. The van der Waals surface area contributed by atoms with Crippen LogP contribution in [0.3, 0.4) is 0 Å². The van der Waals surface area contributed by atoms with E-state index in [0.717, 1.165) is 70.6 Å². The molecule has 0 saturated carbocycles. The topological polar surface area (TPSA) is 108 Å². The lowest BCUT2D eigenvalue weighted by Gasteiger charge is -2.24. The lowest BCUT2D eigenvalue weighted by atomic mass is 10.1. The van der Waals surface area contributed by atoms with Crippen molar-refractivity contribution in [3.63, 3.8) is 0 Å². The second-order valence-electron chi connectivity index (χ2n) is 16.4. The molecule has 1 N–H and O–H groups in total. The maximum Gasteiger partial charge on any atom is 0.472 e. The highest BCUT2D eigenvalue weighted by molar-refractivity contribution is 7.47. The average molecular weight is 873 g/mol. The van der Waals surface area contributed by atoms with Gasteiger partial charge in [0, 0.05) is 12.8 Å². The van der Waals surface area contributed by atoms with E-state index in [-0.39, 0.29) is 26.1 Å². The van der Waals surface area contributed by atoms with Crippen molar-refractivity contribution < 1.29 is 42.1 Å². The summed E-state index contributed by atoms with van der Waals surface area (Å²) in [6, 6.07) is 0. The molecule has 2 atom stereocenters. The Balaban J connectivity index is 4.48. The van der Waals surface area contributed by atoms with E-state index in [1.807, 2.05) is 33.3 Å². The van der Waals surface area contributed by atoms with Gasteiger partial charge in [-0.25, -0.2) is 4.57 Å². The fraction of sp³-hybridized carbons (Fsp3) is 0.647. The summed E-state index contributed by atoms with van der Waals surface area (Å²) in [7, 11) is 1.41. The van der Waals surface area contributed by atoms with Crippen LogP contribution in [0.25, 0.3) is 0 Å². The van der Waals surface area contributed by atoms with Crippen molar-refractivity contribution in [3.8, 4) is 0 Å². The van der Waals surface area contributed by atoms with Crippen LogP contribution in [0.1, 0.15) is 162 Å². The molecule has 61 heavy (non-hydrogen) atoms. The number of nitrogens with zero attached hydrogens (tertiary/aromatic N) is 1. The zero-order valence-corrected chi connectivity index (χ0v) is 40.0. The number of esters is 2. The van der Waals surface area contributed by atoms with E-state index in [1.54, 1.807) is 0 Å². The first-order valence-electron chi connectivity index (χ1n) is 23.5. The third-order valence-electron chi connectivity index (χ3n) is 9.36. The minimum Gasteiger partial charge on any atom is -0.462 e. The second kappa shape index (κ2) is 42.2. The monoisotopic (exact) mass is 873 g/mol. The van der Waals surface area contributed by atoms with Crippen molar-refractivity contribution in [2.24, 2.45) is 0 Å². The van der Waals surface area contributed by atoms with E-state index in [4.69, 9.17) is 18.5 Å². The van der Waals surface area contributed by atoms with Gasteiger partial charge in [0.25, 0.3) is 0 Å². The maximum atomic E-state index is 12.7. The molecule has 348 valence electrons. The lowest BCUT2D eigenvalue weighted by molar-refractivity contribution is -0.870. The third-order valence-corrected chi connectivity index (χ3v) is 10.3. The highest BCUT2D eigenvalue weighted by Gasteiger charge is 2.27. The van der Waals surface area contributed by atoms with Gasteiger partial charge in [0.2, 0.25) is 0 Å². The Morgan fingerprint density at radius 3 is 1.46 bits per heavy atom. The Labute approximate surface area is 373 Å². The molecule has 9 nitrogen and oxygen atoms in total. The SMILES string of the molecule is CC/C=C\C/C=C\C/C=C\C/C=C\C/C=C\C/C=C\CCC(=O)OC(COC(=O)CCCCCCCCC/C=C\C/C=C\CCCCCC)COP(=O)(O)OCC[N+](C)(C)C. The lowest BCUT2D eigenvalue weighted by Crippen LogP contribution is -2.37. The molecule has 0 aliphatic heterocycles. The summed E-state index contributed by atoms with van der Waals surface area (Å²) < 4.78 is 34.3. The van der Waals surface area contributed by atoms with Gasteiger partial charge in [-0.3, -0.25) is 18.6 Å². The van der Waals surface area contributed by atoms with Crippen LogP contribution < -0.4 is 0 Å². The number of hydrogen-bond acceptors (Lipinski definition) is 7. The quantitative estimate of drug-likeness (QED) is 0.0213. The summed E-state index contributed by atoms with van der Waals surface area (Å²) in [4.78, 5) is 35.4. The summed E-state index contributed by atoms with van der Waals surface area (Å²) in [6.45, 7) is 4.18. The second-order valence-corrected chi connectivity index (χ2v) is 17.9. The number of likely N-dealkylation sites (N-methyl/N-ethyl adjacent to an activating group) is 1. The van der Waals surface area contributed by atoms with Gasteiger partial charge in [-0.1, -0.05) is 162 Å². The zero-order valence-electron chi connectivity index (χ0n) is 39.1. The number of carbonyl (C=O) groups is 2. The molecule has 0 aliphatic rings. The normalized spacial score (nSPS) is 14.4. The molecule has 0 heterocycles. The number of unbranched alkanes of at least 4 members (excludes halogenated alkanes) is 11. The number of ether oxygens (including phenoxy) is 2. The molecule has 0 spiro atoms. The molecular weight excluding hydrogens is 786 g/mol. The minimum atomic E-state index is -4.41. The zero-order chi connectivity index (χ0) is 45.0. The van der Waals surface area contributed by atoms with Gasteiger partial charge in [-0.15, -0.1) is 0 Å². The van der Waals surface area contributed by atoms with Crippen LogP contribution in [0.5, 0.6) is 0 Å². The minimum absolute atomic E-state index is 0.0113. The maximum absolute atomic E-state index is 12.7. The van der Waals surface area contributed by atoms with Crippen molar-refractivity contribution in [1.29, 1.82) is 0 Å². The Hall–Kier alpha value is -3.07. The van der Waals surface area contributed by atoms with Gasteiger partial charge >= 0.3 is 19.8 Å². The first-order valence-corrected chi connectivity index (χ1v) is 25.0. The summed E-state index contributed by atoms with van der Waals surface area (Å²) >= 11 is 0. The predicted octanol–water partition coefficient (Wildman–Crippen LogP) is 13.7. The van der Waals surface area contributed by atoms with Crippen molar-refractivity contribution in [1.82, 2.24) is 0 Å². The van der Waals surface area contributed by atoms with Crippen molar-refractivity contribution in [2.45, 2.75) is 168 Å². The number of quaternary nitrogens is 1. The molecule has 0 amide bonds. The fourth-order valence-corrected chi connectivity index (χ4v) is 6.46. The Kier molecular flexibility index (Phi) is 40.1. The van der Waals surface area contributed by atoms with Crippen LogP contribution >= 0.6 is 7.82 Å². The molecule has 10 heteroatoms. The van der Waals surface area contributed by atoms with E-state index in [9.17, 15) is 19.0 Å². The highest BCUT2D eigenvalue weighted by Crippen LogP contribution is 2.43. The Morgan fingerprint density at radius 1 is 0.525 bits per heavy atom. The highest BCUT2D eigenvalue weighted by atomic mass is 31.2. The summed E-state index contributed by atoms with van der Waals surface area (Å²) in [6.07, 6.45) is 56.1. The van der Waals surface area contributed by atoms with Crippen LogP contribution in [0, 0.1) is 0 Å². The van der Waals surface area contributed by atoms with E-state index < -0.39 is 32.5 Å². The van der Waals surface area contributed by atoms with Crippen molar-refractivity contribution >= 4 is 19.8 Å². The molecule has 0 aromatic carbocycles. The summed E-state index contributed by atoms with van der Waals surface area (Å²) in [5, 5.41) is 0. The van der Waals surface area contributed by atoms with Crippen LogP contribution in [0.15, 0.2) is 97.2 Å². The molecule has 0 radical (unpaired) electrons. The molecule has 0 aromatic rings. The molecule has 0 fully saturated rings. The first-order chi connectivity index (χ1) is 29.5. The average Bonchev–Trinajstić information content (AvgIpc) is 3.21. The van der Waals surface area contributed by atoms with Crippen LogP contribution in [0.4, 0.5) is 0 Å². The van der Waals surface area contributed by atoms with Crippen LogP contribution in [-0.4, -0.2) is 74.9 Å². The largest absolute Gasteiger partial charge is 0.472 e. The number of phosphoric acid groups is 1. The molecule has 0 rings (SSSR count). The summed E-state index contributed by atoms with van der Waals surface area (Å²) in [5.74, 6) is -0.914. The van der Waals surface area contributed by atoms with E-state index in [1.165, 1.54) is 51.4 Å². The van der Waals surface area contributed by atoms with Crippen molar-refractivity contribution in [2.75, 3.05) is 47.5 Å². The number of hydrogen-bond donors (Lipinski definition) is 1.